The Hall–Kier alpha value is -4.34. The molecule has 11 rings (SSSR count). The Labute approximate surface area is 305 Å². The second-order valence-electron chi connectivity index (χ2n) is 16.0. The number of benzene rings is 3. The minimum atomic E-state index is 0.455. The van der Waals surface area contributed by atoms with Gasteiger partial charge in [-0.3, -0.25) is 0 Å². The van der Waals surface area contributed by atoms with E-state index in [9.17, 15) is 0 Å². The van der Waals surface area contributed by atoms with E-state index in [0.29, 0.717) is 17.8 Å². The van der Waals surface area contributed by atoms with Crippen LogP contribution >= 0.6 is 11.3 Å². The summed E-state index contributed by atoms with van der Waals surface area (Å²) in [5, 5.41) is 4.11. The predicted molar refractivity (Wildman–Crippen MR) is 216 cm³/mol. The fourth-order valence-electron chi connectivity index (χ4n) is 11.0. The first-order valence-corrected chi connectivity index (χ1v) is 20.6. The van der Waals surface area contributed by atoms with Crippen molar-refractivity contribution in [1.29, 1.82) is 0 Å². The highest BCUT2D eigenvalue weighted by molar-refractivity contribution is 7.25. The summed E-state index contributed by atoms with van der Waals surface area (Å²) in [5.41, 5.74) is 11.9. The van der Waals surface area contributed by atoms with Crippen molar-refractivity contribution < 1.29 is 0 Å². The second-order valence-corrected chi connectivity index (χ2v) is 17.1. The molecule has 1 aliphatic heterocycles. The monoisotopic (exact) mass is 682 g/mol. The molecule has 0 N–H and O–H groups in total. The van der Waals surface area contributed by atoms with Crippen molar-refractivity contribution in [3.05, 3.63) is 143 Å². The van der Waals surface area contributed by atoms with Gasteiger partial charge in [0, 0.05) is 72.5 Å². The molecule has 3 heterocycles. The molecule has 3 aromatic carbocycles. The highest BCUT2D eigenvalue weighted by Gasteiger charge is 2.47. The van der Waals surface area contributed by atoms with Gasteiger partial charge in [0.2, 0.25) is 0 Å². The summed E-state index contributed by atoms with van der Waals surface area (Å²) in [6.07, 6.45) is 34.4. The highest BCUT2D eigenvalue weighted by atomic mass is 32.1. The lowest BCUT2D eigenvalue weighted by Gasteiger charge is -2.40. The van der Waals surface area contributed by atoms with Crippen molar-refractivity contribution in [3.63, 3.8) is 0 Å². The molecular weight excluding hydrogens is 637 g/mol. The zero-order valence-electron chi connectivity index (χ0n) is 29.4. The average Bonchev–Trinajstić information content (AvgIpc) is 3.85. The second kappa shape index (κ2) is 12.1. The van der Waals surface area contributed by atoms with Crippen LogP contribution in [-0.2, 0) is 6.42 Å². The summed E-state index contributed by atoms with van der Waals surface area (Å²) in [6, 6.07) is 26.4. The number of hydrogen-bond donors (Lipinski definition) is 0. The van der Waals surface area contributed by atoms with Crippen molar-refractivity contribution in [3.8, 4) is 5.69 Å². The zero-order chi connectivity index (χ0) is 33.5. The lowest BCUT2D eigenvalue weighted by molar-refractivity contribution is 0.152. The van der Waals surface area contributed by atoms with Crippen LogP contribution < -0.4 is 0 Å². The van der Waals surface area contributed by atoms with Gasteiger partial charge in [-0.25, -0.2) is 0 Å². The summed E-state index contributed by atoms with van der Waals surface area (Å²) < 4.78 is 5.23. The van der Waals surface area contributed by atoms with Gasteiger partial charge >= 0.3 is 0 Å². The molecule has 51 heavy (non-hydrogen) atoms. The first kappa shape index (κ1) is 30.3. The fourth-order valence-corrected chi connectivity index (χ4v) is 12.1. The van der Waals surface area contributed by atoms with E-state index in [0.717, 1.165) is 31.3 Å². The number of thiophene rings is 1. The molecule has 254 valence electrons. The third-order valence-corrected chi connectivity index (χ3v) is 14.6. The summed E-state index contributed by atoms with van der Waals surface area (Å²) in [6.45, 7) is 0. The van der Waals surface area contributed by atoms with E-state index in [1.807, 2.05) is 11.3 Å². The van der Waals surface area contributed by atoms with Crippen molar-refractivity contribution in [1.82, 2.24) is 9.47 Å². The number of allylic oxidation sites excluding steroid dienone is 10. The molecule has 1 saturated carbocycles. The molecule has 6 aliphatic rings. The maximum atomic E-state index is 2.95. The van der Waals surface area contributed by atoms with Crippen LogP contribution in [0.1, 0.15) is 75.5 Å². The predicted octanol–water partition coefficient (Wildman–Crippen LogP) is 12.6. The third-order valence-electron chi connectivity index (χ3n) is 13.4. The Morgan fingerprint density at radius 3 is 2.43 bits per heavy atom. The van der Waals surface area contributed by atoms with E-state index in [1.54, 1.807) is 22.4 Å². The first-order chi connectivity index (χ1) is 25.3. The molecule has 5 aliphatic carbocycles. The Balaban J connectivity index is 0.888. The van der Waals surface area contributed by atoms with Crippen LogP contribution in [-0.4, -0.2) is 21.6 Å². The summed E-state index contributed by atoms with van der Waals surface area (Å²) >= 11 is 1.89. The molecular formula is C48H46N2S. The van der Waals surface area contributed by atoms with Crippen LogP contribution in [0.15, 0.2) is 132 Å². The van der Waals surface area contributed by atoms with Gasteiger partial charge in [-0.05, 0) is 111 Å². The highest BCUT2D eigenvalue weighted by Crippen LogP contribution is 2.51. The summed E-state index contributed by atoms with van der Waals surface area (Å²) in [4.78, 5) is 2.95. The smallest absolute Gasteiger partial charge is 0.0537 e. The maximum absolute atomic E-state index is 2.95. The SMILES string of the molecule is C1=CC2C3CC(C4=CC=C(C5C=Cc6c(c7ccccc7n6-c6ccc7sc8ccccc8c7c6)C5)CC4)=CC=C3N(C3CCCCC3)C2CC1. The van der Waals surface area contributed by atoms with Crippen LogP contribution in [0.4, 0.5) is 0 Å². The molecule has 5 aromatic rings. The number of hydrogen-bond acceptors (Lipinski definition) is 2. The van der Waals surface area contributed by atoms with E-state index in [2.05, 4.69) is 125 Å². The maximum Gasteiger partial charge on any atom is 0.0537 e. The van der Waals surface area contributed by atoms with Crippen LogP contribution in [0.2, 0.25) is 0 Å². The van der Waals surface area contributed by atoms with Gasteiger partial charge in [-0.2, -0.15) is 0 Å². The van der Waals surface area contributed by atoms with Crippen molar-refractivity contribution in [2.75, 3.05) is 0 Å². The van der Waals surface area contributed by atoms with E-state index < -0.39 is 0 Å². The summed E-state index contributed by atoms with van der Waals surface area (Å²) in [7, 11) is 0. The minimum absolute atomic E-state index is 0.455. The van der Waals surface area contributed by atoms with Crippen LogP contribution in [0.25, 0.3) is 42.8 Å². The van der Waals surface area contributed by atoms with Gasteiger partial charge in [-0.1, -0.05) is 97.7 Å². The molecule has 2 aromatic heterocycles. The minimum Gasteiger partial charge on any atom is -0.368 e. The van der Waals surface area contributed by atoms with Crippen LogP contribution in [0.3, 0.4) is 0 Å². The molecule has 3 heteroatoms. The zero-order valence-corrected chi connectivity index (χ0v) is 30.3. The topological polar surface area (TPSA) is 8.17 Å². The normalized spacial score (nSPS) is 26.2. The van der Waals surface area contributed by atoms with Gasteiger partial charge < -0.3 is 9.47 Å². The Morgan fingerprint density at radius 1 is 0.686 bits per heavy atom. The number of para-hydroxylation sites is 1. The molecule has 4 atom stereocenters. The molecule has 4 unspecified atom stereocenters. The van der Waals surface area contributed by atoms with Gasteiger partial charge in [-0.15, -0.1) is 11.3 Å². The third kappa shape index (κ3) is 4.87. The van der Waals surface area contributed by atoms with E-state index in [-0.39, 0.29) is 0 Å². The largest absolute Gasteiger partial charge is 0.368 e. The van der Waals surface area contributed by atoms with Crippen LogP contribution in [0, 0.1) is 17.8 Å². The van der Waals surface area contributed by atoms with Crippen molar-refractivity contribution in [2.24, 2.45) is 17.8 Å². The molecule has 0 radical (unpaired) electrons. The number of rotatable bonds is 4. The van der Waals surface area contributed by atoms with E-state index >= 15 is 0 Å². The lowest BCUT2D eigenvalue weighted by Crippen LogP contribution is -2.41. The van der Waals surface area contributed by atoms with Crippen molar-refractivity contribution >= 4 is 48.5 Å². The number of likely N-dealkylation sites (tertiary alicyclic amines) is 1. The van der Waals surface area contributed by atoms with Crippen molar-refractivity contribution in [2.45, 2.75) is 82.7 Å². The number of aromatic nitrogens is 1. The Bertz CT molecular complexity index is 2400. The molecule has 0 spiro atoms. The molecule has 0 amide bonds. The van der Waals surface area contributed by atoms with E-state index in [4.69, 9.17) is 0 Å². The Kier molecular flexibility index (Phi) is 7.20. The quantitative estimate of drug-likeness (QED) is 0.171. The van der Waals surface area contributed by atoms with Gasteiger partial charge in [0.1, 0.15) is 0 Å². The standard InChI is InChI=1S/C48H46N2S/c1-2-10-35(11-3-1)49-43-15-7-4-12-37(43)40-28-33(22-25-45(40)49)31-18-20-32(21-19-31)34-23-26-46-41(29-34)38-13-5-8-16-44(38)50(46)36-24-27-48-42(30-36)39-14-6-9-17-47(39)51-48/h4-6,8-9,12-14,16-18,20,22-27,30,34-35,37,40,43H,1-3,7,10-11,15,19,21,28-29H2. The molecule has 1 saturated heterocycles. The first-order valence-electron chi connectivity index (χ1n) is 19.8. The van der Waals surface area contributed by atoms with Gasteiger partial charge in [0.25, 0.3) is 0 Å². The fraction of sp³-hybridized carbons (Fsp3) is 0.333. The van der Waals surface area contributed by atoms with Gasteiger partial charge in [0.15, 0.2) is 0 Å². The van der Waals surface area contributed by atoms with E-state index in [1.165, 1.54) is 99.4 Å². The average molecular weight is 683 g/mol. The van der Waals surface area contributed by atoms with Gasteiger partial charge in [0.05, 0.1) is 5.52 Å². The lowest BCUT2D eigenvalue weighted by atomic mass is 9.75. The number of nitrogens with zero attached hydrogens (tertiary/aromatic N) is 2. The molecule has 2 nitrogen and oxygen atoms in total. The van der Waals surface area contributed by atoms with Crippen LogP contribution in [0.5, 0.6) is 0 Å². The molecule has 2 fully saturated rings. The number of fused-ring (bicyclic) bond motifs is 9. The Morgan fingerprint density at radius 2 is 1.53 bits per heavy atom. The molecule has 0 bridgehead atoms. The summed E-state index contributed by atoms with van der Waals surface area (Å²) in [5.74, 6) is 1.81.